The summed E-state index contributed by atoms with van der Waals surface area (Å²) in [7, 11) is 1.61. The number of methoxy groups -OCH3 is 1. The quantitative estimate of drug-likeness (QED) is 0.688. The zero-order chi connectivity index (χ0) is 18.9. The topological polar surface area (TPSA) is 45.2 Å². The number of piperidine rings is 1. The Labute approximate surface area is 156 Å². The molecule has 1 N–H and O–H groups in total. The molecule has 1 aromatic rings. The van der Waals surface area contributed by atoms with Crippen LogP contribution in [0.5, 0.6) is 11.5 Å². The second-order valence-corrected chi connectivity index (χ2v) is 6.89. The summed E-state index contributed by atoms with van der Waals surface area (Å²) in [5.41, 5.74) is 1.11. The lowest BCUT2D eigenvalue weighted by Gasteiger charge is -2.28. The lowest BCUT2D eigenvalue weighted by atomic mass is 10.1. The molecule has 148 valence electrons. The average molecular weight is 368 g/mol. The van der Waals surface area contributed by atoms with Gasteiger partial charge in [0.05, 0.1) is 7.11 Å². The first-order valence-corrected chi connectivity index (χ1v) is 9.62. The minimum Gasteiger partial charge on any atom is -0.493 e. The highest BCUT2D eigenvalue weighted by atomic mass is 19.1. The van der Waals surface area contributed by atoms with E-state index in [9.17, 15) is 9.50 Å². The average Bonchev–Trinajstić information content (AvgIpc) is 2.66. The van der Waals surface area contributed by atoms with Crippen LogP contribution in [0.2, 0.25) is 0 Å². The molecule has 1 fully saturated rings. The summed E-state index contributed by atoms with van der Waals surface area (Å²) >= 11 is 0. The van der Waals surface area contributed by atoms with Crippen LogP contribution >= 0.6 is 0 Å². The van der Waals surface area contributed by atoms with Crippen LogP contribution in [0.3, 0.4) is 0 Å². The van der Waals surface area contributed by atoms with Crippen molar-refractivity contribution in [3.63, 3.8) is 0 Å². The Bertz CT molecular complexity index is 532. The second-order valence-electron chi connectivity index (χ2n) is 6.89. The van der Waals surface area contributed by atoms with E-state index >= 15 is 0 Å². The molecule has 1 aliphatic heterocycles. The fourth-order valence-electron chi connectivity index (χ4n) is 3.27. The molecule has 5 nitrogen and oxygen atoms in total. The van der Waals surface area contributed by atoms with Crippen molar-refractivity contribution in [1.29, 1.82) is 0 Å². The minimum absolute atomic E-state index is 0.226. The largest absolute Gasteiger partial charge is 0.493 e. The molecule has 1 aromatic carbocycles. The summed E-state index contributed by atoms with van der Waals surface area (Å²) in [5.74, 6) is 1.30. The second kappa shape index (κ2) is 10.7. The molecule has 0 radical (unpaired) electrons. The summed E-state index contributed by atoms with van der Waals surface area (Å²) < 4.78 is 24.5. The van der Waals surface area contributed by atoms with E-state index in [0.717, 1.165) is 38.3 Å². The van der Waals surface area contributed by atoms with Crippen LogP contribution in [0.1, 0.15) is 32.3 Å². The number of ether oxygens (including phenoxy) is 2. The predicted octanol–water partition coefficient (Wildman–Crippen LogP) is 2.71. The van der Waals surface area contributed by atoms with E-state index in [1.165, 1.54) is 0 Å². The third-order valence-electron chi connectivity index (χ3n) is 4.95. The number of nitrogens with zero attached hydrogens (tertiary/aromatic N) is 2. The van der Waals surface area contributed by atoms with Crippen LogP contribution in [0, 0.1) is 0 Å². The van der Waals surface area contributed by atoms with Gasteiger partial charge in [-0.25, -0.2) is 4.39 Å². The van der Waals surface area contributed by atoms with Crippen molar-refractivity contribution in [3.8, 4) is 11.5 Å². The third-order valence-corrected chi connectivity index (χ3v) is 4.95. The number of hydrogen-bond donors (Lipinski definition) is 1. The van der Waals surface area contributed by atoms with Crippen LogP contribution in [-0.2, 0) is 6.54 Å². The number of aliphatic hydroxyl groups excluding tert-OH is 1. The maximum Gasteiger partial charge on any atom is 0.161 e. The van der Waals surface area contributed by atoms with Gasteiger partial charge in [-0.2, -0.15) is 0 Å². The Balaban J connectivity index is 1.93. The van der Waals surface area contributed by atoms with Crippen molar-refractivity contribution in [1.82, 2.24) is 9.80 Å². The first-order valence-electron chi connectivity index (χ1n) is 9.62. The fourth-order valence-corrected chi connectivity index (χ4v) is 3.27. The standard InChI is InChI=1S/C20H33FN2O3/c1-4-22(5-2)14-18(24)15-26-20-12-16(6-7-19(20)25-3)13-23-10-8-17(21)9-11-23/h6-7,12,17-18,24H,4-5,8-11,13-15H2,1-3H3/t18-/m0/s1. The Morgan fingerprint density at radius 1 is 1.23 bits per heavy atom. The summed E-state index contributed by atoms with van der Waals surface area (Å²) in [6.07, 6.45) is 0.00820. The molecule has 1 atom stereocenters. The maximum absolute atomic E-state index is 13.3. The van der Waals surface area contributed by atoms with Crippen molar-refractivity contribution in [2.45, 2.75) is 45.5 Å². The lowest BCUT2D eigenvalue weighted by molar-refractivity contribution is 0.0705. The van der Waals surface area contributed by atoms with E-state index in [-0.39, 0.29) is 6.61 Å². The highest BCUT2D eigenvalue weighted by Gasteiger charge is 2.19. The van der Waals surface area contributed by atoms with Crippen molar-refractivity contribution < 1.29 is 19.0 Å². The number of alkyl halides is 1. The van der Waals surface area contributed by atoms with Gasteiger partial charge in [0.2, 0.25) is 0 Å². The molecule has 0 amide bonds. The lowest BCUT2D eigenvalue weighted by Crippen LogP contribution is -2.35. The van der Waals surface area contributed by atoms with E-state index in [2.05, 4.69) is 23.6 Å². The summed E-state index contributed by atoms with van der Waals surface area (Å²) in [6.45, 7) is 9.12. The van der Waals surface area contributed by atoms with E-state index < -0.39 is 12.3 Å². The van der Waals surface area contributed by atoms with Crippen LogP contribution in [0.15, 0.2) is 18.2 Å². The zero-order valence-electron chi connectivity index (χ0n) is 16.3. The van der Waals surface area contributed by atoms with Gasteiger partial charge in [-0.05, 0) is 43.6 Å². The number of benzene rings is 1. The van der Waals surface area contributed by atoms with Crippen molar-refractivity contribution in [2.24, 2.45) is 0 Å². The molecular formula is C20H33FN2O3. The van der Waals surface area contributed by atoms with Crippen molar-refractivity contribution >= 4 is 0 Å². The number of likely N-dealkylation sites (N-methyl/N-ethyl adjacent to an activating group) is 1. The zero-order valence-corrected chi connectivity index (χ0v) is 16.3. The number of aliphatic hydroxyl groups is 1. The summed E-state index contributed by atoms with van der Waals surface area (Å²) in [6, 6.07) is 5.87. The normalized spacial score (nSPS) is 17.5. The SMILES string of the molecule is CCN(CC)C[C@H](O)COc1cc(CN2CCC(F)CC2)ccc1OC. The Kier molecular flexibility index (Phi) is 8.62. The fraction of sp³-hybridized carbons (Fsp3) is 0.700. The molecule has 0 unspecified atom stereocenters. The minimum atomic E-state index is -0.659. The molecule has 0 aliphatic carbocycles. The Hall–Kier alpha value is -1.37. The van der Waals surface area contributed by atoms with Gasteiger partial charge >= 0.3 is 0 Å². The molecule has 0 bridgehead atoms. The van der Waals surface area contributed by atoms with E-state index in [4.69, 9.17) is 9.47 Å². The van der Waals surface area contributed by atoms with Gasteiger partial charge in [-0.3, -0.25) is 4.90 Å². The highest BCUT2D eigenvalue weighted by Crippen LogP contribution is 2.29. The van der Waals surface area contributed by atoms with E-state index in [1.807, 2.05) is 18.2 Å². The van der Waals surface area contributed by atoms with Gasteiger partial charge in [0.15, 0.2) is 11.5 Å². The smallest absolute Gasteiger partial charge is 0.161 e. The number of hydrogen-bond acceptors (Lipinski definition) is 5. The number of rotatable bonds is 10. The highest BCUT2D eigenvalue weighted by molar-refractivity contribution is 5.43. The molecule has 2 rings (SSSR count). The molecule has 6 heteroatoms. The summed E-state index contributed by atoms with van der Waals surface area (Å²) in [4.78, 5) is 4.42. The van der Waals surface area contributed by atoms with Crippen LogP contribution in [-0.4, -0.2) is 73.6 Å². The molecule has 0 saturated carbocycles. The van der Waals surface area contributed by atoms with Crippen LogP contribution in [0.25, 0.3) is 0 Å². The van der Waals surface area contributed by atoms with Gasteiger partial charge in [0, 0.05) is 26.2 Å². The molecule has 26 heavy (non-hydrogen) atoms. The third kappa shape index (κ3) is 6.41. The number of halogens is 1. The Morgan fingerprint density at radius 3 is 2.54 bits per heavy atom. The van der Waals surface area contributed by atoms with Crippen molar-refractivity contribution in [2.75, 3.05) is 46.4 Å². The molecule has 1 aliphatic rings. The van der Waals surface area contributed by atoms with E-state index in [1.54, 1.807) is 7.11 Å². The predicted molar refractivity (Wildman–Crippen MR) is 102 cm³/mol. The first kappa shape index (κ1) is 20.9. The van der Waals surface area contributed by atoms with Gasteiger partial charge in [0.1, 0.15) is 18.9 Å². The van der Waals surface area contributed by atoms with Crippen LogP contribution < -0.4 is 9.47 Å². The molecule has 1 heterocycles. The molecular weight excluding hydrogens is 335 g/mol. The molecule has 0 spiro atoms. The maximum atomic E-state index is 13.3. The molecule has 1 saturated heterocycles. The van der Waals surface area contributed by atoms with Gasteiger partial charge < -0.3 is 19.5 Å². The van der Waals surface area contributed by atoms with Gasteiger partial charge in [-0.1, -0.05) is 19.9 Å². The molecule has 0 aromatic heterocycles. The number of likely N-dealkylation sites (tertiary alicyclic amines) is 1. The van der Waals surface area contributed by atoms with Gasteiger partial charge in [0.25, 0.3) is 0 Å². The van der Waals surface area contributed by atoms with Crippen LogP contribution in [0.4, 0.5) is 4.39 Å². The van der Waals surface area contributed by atoms with Gasteiger partial charge in [-0.15, -0.1) is 0 Å². The monoisotopic (exact) mass is 368 g/mol. The summed E-state index contributed by atoms with van der Waals surface area (Å²) in [5, 5.41) is 10.2. The first-order chi connectivity index (χ1) is 12.5. The van der Waals surface area contributed by atoms with Crippen molar-refractivity contribution in [3.05, 3.63) is 23.8 Å². The Morgan fingerprint density at radius 2 is 1.92 bits per heavy atom. The van der Waals surface area contributed by atoms with E-state index in [0.29, 0.717) is 30.9 Å².